The molecule has 7 nitrogen and oxygen atoms in total. The van der Waals surface area contributed by atoms with E-state index in [1.807, 2.05) is 0 Å². The van der Waals surface area contributed by atoms with Crippen LogP contribution in [0.5, 0.6) is 0 Å². The summed E-state index contributed by atoms with van der Waals surface area (Å²) >= 11 is 0. The Morgan fingerprint density at radius 2 is 2.00 bits per heavy atom. The van der Waals surface area contributed by atoms with Gasteiger partial charge in [-0.3, -0.25) is 10.1 Å². The van der Waals surface area contributed by atoms with Gasteiger partial charge in [-0.25, -0.2) is 9.97 Å². The highest BCUT2D eigenvalue weighted by molar-refractivity contribution is 5.58. The van der Waals surface area contributed by atoms with E-state index in [0.717, 1.165) is 0 Å². The molecule has 7 heteroatoms. The van der Waals surface area contributed by atoms with Gasteiger partial charge in [0, 0.05) is 38.1 Å². The van der Waals surface area contributed by atoms with E-state index in [9.17, 15) is 10.1 Å². The second kappa shape index (κ2) is 6.18. The third-order valence-electron chi connectivity index (χ3n) is 2.66. The zero-order valence-electron chi connectivity index (χ0n) is 11.0. The zero-order valence-corrected chi connectivity index (χ0v) is 11.0. The highest BCUT2D eigenvalue weighted by atomic mass is 16.7. The van der Waals surface area contributed by atoms with Gasteiger partial charge in [-0.05, 0) is 6.07 Å². The van der Waals surface area contributed by atoms with Crippen LogP contribution in [0.4, 0.5) is 5.69 Å². The summed E-state index contributed by atoms with van der Waals surface area (Å²) in [5.41, 5.74) is 1.10. The number of hydrogen-bond acceptors (Lipinski definition) is 6. The zero-order chi connectivity index (χ0) is 14.5. The lowest BCUT2D eigenvalue weighted by Gasteiger charge is -2.12. The van der Waals surface area contributed by atoms with Gasteiger partial charge in [0.15, 0.2) is 5.82 Å². The van der Waals surface area contributed by atoms with Crippen molar-refractivity contribution in [3.05, 3.63) is 52.3 Å². The first-order valence-electron chi connectivity index (χ1n) is 5.79. The Bertz CT molecular complexity index is 614. The molecule has 0 aliphatic rings. The molecule has 2 aromatic rings. The van der Waals surface area contributed by atoms with E-state index < -0.39 is 11.2 Å². The van der Waals surface area contributed by atoms with Crippen molar-refractivity contribution < 1.29 is 14.4 Å². The molecule has 2 rings (SSSR count). The van der Waals surface area contributed by atoms with E-state index in [-0.39, 0.29) is 5.69 Å². The quantitative estimate of drug-likeness (QED) is 0.473. The fraction of sp³-hybridized carbons (Fsp3) is 0.231. The average molecular weight is 275 g/mol. The van der Waals surface area contributed by atoms with Gasteiger partial charge in [-0.15, -0.1) is 0 Å². The first kappa shape index (κ1) is 14.0. The number of nitro groups is 1. The van der Waals surface area contributed by atoms with Gasteiger partial charge in [0.2, 0.25) is 6.29 Å². The molecule has 0 atom stereocenters. The van der Waals surface area contributed by atoms with Gasteiger partial charge in [0.25, 0.3) is 5.69 Å². The van der Waals surface area contributed by atoms with Gasteiger partial charge < -0.3 is 9.47 Å². The van der Waals surface area contributed by atoms with E-state index in [0.29, 0.717) is 17.1 Å². The molecule has 20 heavy (non-hydrogen) atoms. The van der Waals surface area contributed by atoms with E-state index in [1.165, 1.54) is 26.4 Å². The molecule has 0 fully saturated rings. The van der Waals surface area contributed by atoms with Crippen LogP contribution in [0.3, 0.4) is 0 Å². The number of rotatable bonds is 5. The van der Waals surface area contributed by atoms with Crippen LogP contribution < -0.4 is 0 Å². The molecule has 0 aliphatic carbocycles. The molecule has 0 saturated heterocycles. The molecule has 0 spiro atoms. The van der Waals surface area contributed by atoms with Crippen molar-refractivity contribution in [2.45, 2.75) is 6.29 Å². The summed E-state index contributed by atoms with van der Waals surface area (Å²) in [6.07, 6.45) is 0.956. The maximum atomic E-state index is 10.8. The van der Waals surface area contributed by atoms with Crippen LogP contribution in [0.1, 0.15) is 12.0 Å². The predicted octanol–water partition coefficient (Wildman–Crippen LogP) is 2.34. The lowest BCUT2D eigenvalue weighted by atomic mass is 10.2. The van der Waals surface area contributed by atoms with Crippen LogP contribution in [0, 0.1) is 10.1 Å². The molecule has 1 heterocycles. The van der Waals surface area contributed by atoms with Gasteiger partial charge in [0.1, 0.15) is 5.69 Å². The maximum Gasteiger partial charge on any atom is 0.270 e. The number of methoxy groups -OCH3 is 2. The highest BCUT2D eigenvalue weighted by Crippen LogP contribution is 2.22. The fourth-order valence-electron chi connectivity index (χ4n) is 1.74. The Hall–Kier alpha value is -2.38. The molecule has 0 aliphatic heterocycles. The Balaban J connectivity index is 2.40. The van der Waals surface area contributed by atoms with E-state index >= 15 is 0 Å². The maximum absolute atomic E-state index is 10.8. The third-order valence-corrected chi connectivity index (χ3v) is 2.66. The third kappa shape index (κ3) is 2.95. The molecular formula is C13H13N3O4. The molecule has 0 N–H and O–H groups in total. The number of non-ortho nitro benzene ring substituents is 1. The summed E-state index contributed by atoms with van der Waals surface area (Å²) in [5, 5.41) is 10.8. The summed E-state index contributed by atoms with van der Waals surface area (Å²) in [7, 11) is 3.01. The van der Waals surface area contributed by atoms with Crippen LogP contribution >= 0.6 is 0 Å². The molecule has 1 aromatic heterocycles. The van der Waals surface area contributed by atoms with Crippen LogP contribution in [0.15, 0.2) is 36.5 Å². The molecule has 0 bridgehead atoms. The van der Waals surface area contributed by atoms with Crippen molar-refractivity contribution in [2.24, 2.45) is 0 Å². The first-order chi connectivity index (χ1) is 9.65. The standard InChI is InChI=1S/C13H13N3O4/c1-19-13(20-2)11-6-7-14-12(15-11)9-4-3-5-10(8-9)16(17)18/h3-8,13H,1-2H3. The molecule has 0 amide bonds. The minimum absolute atomic E-state index is 0.00784. The van der Waals surface area contributed by atoms with E-state index in [1.54, 1.807) is 24.4 Å². The Labute approximate surface area is 115 Å². The molecule has 0 radical (unpaired) electrons. The number of ether oxygens (including phenoxy) is 2. The predicted molar refractivity (Wildman–Crippen MR) is 70.9 cm³/mol. The molecule has 104 valence electrons. The van der Waals surface area contributed by atoms with Gasteiger partial charge in [-0.2, -0.15) is 0 Å². The van der Waals surface area contributed by atoms with Crippen molar-refractivity contribution >= 4 is 5.69 Å². The summed E-state index contributed by atoms with van der Waals surface area (Å²) in [6, 6.07) is 7.81. The SMILES string of the molecule is COC(OC)c1ccnc(-c2cccc([N+](=O)[O-])c2)n1. The average Bonchev–Trinajstić information content (AvgIpc) is 2.49. The Morgan fingerprint density at radius 3 is 2.65 bits per heavy atom. The topological polar surface area (TPSA) is 87.4 Å². The summed E-state index contributed by atoms with van der Waals surface area (Å²) in [6.45, 7) is 0. The van der Waals surface area contributed by atoms with Crippen molar-refractivity contribution in [2.75, 3.05) is 14.2 Å². The van der Waals surface area contributed by atoms with Crippen molar-refractivity contribution in [3.63, 3.8) is 0 Å². The number of hydrogen-bond donors (Lipinski definition) is 0. The van der Waals surface area contributed by atoms with Gasteiger partial charge in [-0.1, -0.05) is 12.1 Å². The highest BCUT2D eigenvalue weighted by Gasteiger charge is 2.14. The summed E-state index contributed by atoms with van der Waals surface area (Å²) < 4.78 is 10.2. The smallest absolute Gasteiger partial charge is 0.270 e. The lowest BCUT2D eigenvalue weighted by molar-refractivity contribution is -0.384. The normalized spacial score (nSPS) is 10.8. The number of benzene rings is 1. The summed E-state index contributed by atoms with van der Waals surface area (Å²) in [4.78, 5) is 18.7. The molecule has 0 unspecified atom stereocenters. The van der Waals surface area contributed by atoms with Crippen LogP contribution in [0.25, 0.3) is 11.4 Å². The van der Waals surface area contributed by atoms with Crippen molar-refractivity contribution in [1.82, 2.24) is 9.97 Å². The van der Waals surface area contributed by atoms with Crippen LogP contribution in [-0.4, -0.2) is 29.1 Å². The van der Waals surface area contributed by atoms with Gasteiger partial charge in [0.05, 0.1) is 4.92 Å². The molecule has 0 saturated carbocycles. The Kier molecular flexibility index (Phi) is 4.34. The van der Waals surface area contributed by atoms with Gasteiger partial charge >= 0.3 is 0 Å². The van der Waals surface area contributed by atoms with Crippen molar-refractivity contribution in [1.29, 1.82) is 0 Å². The fourth-order valence-corrected chi connectivity index (χ4v) is 1.74. The monoisotopic (exact) mass is 275 g/mol. The largest absolute Gasteiger partial charge is 0.350 e. The molecular weight excluding hydrogens is 262 g/mol. The van der Waals surface area contributed by atoms with E-state index in [4.69, 9.17) is 9.47 Å². The summed E-state index contributed by atoms with van der Waals surface area (Å²) in [5.74, 6) is 0.380. The second-order valence-electron chi connectivity index (χ2n) is 3.92. The van der Waals surface area contributed by atoms with Crippen molar-refractivity contribution in [3.8, 4) is 11.4 Å². The lowest BCUT2D eigenvalue weighted by Crippen LogP contribution is -2.07. The number of aromatic nitrogens is 2. The number of nitrogens with zero attached hydrogens (tertiary/aromatic N) is 3. The first-order valence-corrected chi connectivity index (χ1v) is 5.79. The second-order valence-corrected chi connectivity index (χ2v) is 3.92. The minimum atomic E-state index is -0.601. The minimum Gasteiger partial charge on any atom is -0.350 e. The molecule has 1 aromatic carbocycles. The Morgan fingerprint density at radius 1 is 1.25 bits per heavy atom. The van der Waals surface area contributed by atoms with Crippen LogP contribution in [0.2, 0.25) is 0 Å². The van der Waals surface area contributed by atoms with E-state index in [2.05, 4.69) is 9.97 Å². The number of nitro benzene ring substituents is 1. The van der Waals surface area contributed by atoms with Crippen LogP contribution in [-0.2, 0) is 9.47 Å².